The van der Waals surface area contributed by atoms with Gasteiger partial charge in [-0.1, -0.05) is 43.5 Å². The van der Waals surface area contributed by atoms with Crippen LogP contribution in [0.4, 0.5) is 10.1 Å². The van der Waals surface area contributed by atoms with Gasteiger partial charge in [0.05, 0.1) is 29.5 Å². The minimum absolute atomic E-state index is 0.0255. The molecule has 1 aromatic heterocycles. The van der Waals surface area contributed by atoms with Crippen LogP contribution in [-0.4, -0.2) is 40.3 Å². The highest BCUT2D eigenvalue weighted by Crippen LogP contribution is 2.49. The summed E-state index contributed by atoms with van der Waals surface area (Å²) in [4.78, 5) is 54.2. The van der Waals surface area contributed by atoms with E-state index in [1.54, 1.807) is 60.5 Å². The first kappa shape index (κ1) is 27.8. The summed E-state index contributed by atoms with van der Waals surface area (Å²) in [5.41, 5.74) is 0.218. The Kier molecular flexibility index (Phi) is 8.21. The van der Waals surface area contributed by atoms with E-state index in [0.29, 0.717) is 23.8 Å². The molecule has 5 rings (SSSR count). The number of nitrogens with zero attached hydrogens (tertiary/aromatic N) is 2. The number of hydrogen-bond acceptors (Lipinski definition) is 4. The fourth-order valence-electron chi connectivity index (χ4n) is 5.70. The number of likely N-dealkylation sites (tertiary alicyclic amines) is 1. The lowest BCUT2D eigenvalue weighted by atomic mass is 9.93. The zero-order valence-electron chi connectivity index (χ0n) is 22.2. The smallest absolute Gasteiger partial charge is 0.251 e. The Morgan fingerprint density at radius 3 is 2.20 bits per heavy atom. The second-order valence-electron chi connectivity index (χ2n) is 10.6. The number of aromatic nitrogens is 1. The predicted octanol–water partition coefficient (Wildman–Crippen LogP) is 4.45. The highest BCUT2D eigenvalue weighted by atomic mass is 35.5. The van der Waals surface area contributed by atoms with Gasteiger partial charge in [0, 0.05) is 42.0 Å². The molecule has 1 saturated heterocycles. The monoisotopic (exact) mass is 566 g/mol. The number of carbonyl (C=O) groups excluding carboxylic acids is 3. The topological polar surface area (TPSA) is 101 Å². The van der Waals surface area contributed by atoms with Crippen molar-refractivity contribution >= 4 is 35.0 Å². The number of anilines is 1. The second-order valence-corrected chi connectivity index (χ2v) is 11.1. The second kappa shape index (κ2) is 11.8. The third kappa shape index (κ3) is 5.75. The number of hydrogen-bond donors (Lipinski definition) is 2. The number of halogens is 2. The van der Waals surface area contributed by atoms with E-state index < -0.39 is 47.4 Å². The molecule has 8 nitrogen and oxygen atoms in total. The van der Waals surface area contributed by atoms with Gasteiger partial charge in [-0.05, 0) is 49.2 Å². The highest BCUT2D eigenvalue weighted by molar-refractivity contribution is 6.30. The van der Waals surface area contributed by atoms with Crippen LogP contribution in [0, 0.1) is 23.7 Å². The number of allylic oxidation sites excluding steroid dienone is 3. The molecule has 0 bridgehead atoms. The Balaban J connectivity index is 1.34. The molecule has 2 aliphatic carbocycles. The van der Waals surface area contributed by atoms with Crippen molar-refractivity contribution in [2.45, 2.75) is 38.6 Å². The number of rotatable bonds is 6. The minimum Gasteiger partial charge on any atom is -0.342 e. The van der Waals surface area contributed by atoms with Gasteiger partial charge in [0.15, 0.2) is 0 Å². The van der Waals surface area contributed by atoms with Crippen LogP contribution in [0.25, 0.3) is 0 Å². The van der Waals surface area contributed by atoms with E-state index >= 15 is 4.39 Å². The van der Waals surface area contributed by atoms with E-state index in [9.17, 15) is 19.2 Å². The highest BCUT2D eigenvalue weighted by Gasteiger charge is 2.63. The molecule has 1 saturated carbocycles. The SMILES string of the molecule is CC1C(F)=C(NC(=O)[C@H]2[C@@H](C(=O)Nc3ccc(Cl)cc3)[C@@H]2C(=O)N2CCCCCC2)C=CC1n1ccccc1=O. The molecular weight excluding hydrogens is 535 g/mol. The van der Waals surface area contributed by atoms with Crippen LogP contribution in [-0.2, 0) is 14.4 Å². The van der Waals surface area contributed by atoms with Gasteiger partial charge < -0.3 is 20.1 Å². The molecule has 0 radical (unpaired) electrons. The Bertz CT molecular complexity index is 1410. The standard InChI is InChI=1S/C30H32ClFN4O4/c1-18-22(36-17-7-4-8-23(36)37)14-13-21(27(18)32)34-29(39)25-24(28(38)33-20-11-9-19(31)10-12-20)26(25)30(40)35-15-5-2-3-6-16-35/h4,7-14,17-18,22,24-26H,2-3,5-6,15-16H2,1H3,(H,33,38)(H,34,39)/t18?,22?,24-,25+,26+/m1/s1. The van der Waals surface area contributed by atoms with Gasteiger partial charge in [-0.3, -0.25) is 19.2 Å². The van der Waals surface area contributed by atoms with Crippen molar-refractivity contribution in [1.29, 1.82) is 0 Å². The third-order valence-electron chi connectivity index (χ3n) is 8.00. The fourth-order valence-corrected chi connectivity index (χ4v) is 5.83. The molecule has 210 valence electrons. The molecule has 2 aromatic rings. The van der Waals surface area contributed by atoms with Crippen LogP contribution in [0.15, 0.2) is 77.1 Å². The first-order valence-electron chi connectivity index (χ1n) is 13.7. The van der Waals surface area contributed by atoms with E-state index in [2.05, 4.69) is 10.6 Å². The Labute approximate surface area is 236 Å². The Morgan fingerprint density at radius 2 is 1.55 bits per heavy atom. The summed E-state index contributed by atoms with van der Waals surface area (Å²) in [6.45, 7) is 2.82. The van der Waals surface area contributed by atoms with Crippen molar-refractivity contribution in [3.63, 3.8) is 0 Å². The van der Waals surface area contributed by atoms with Crippen molar-refractivity contribution in [2.75, 3.05) is 18.4 Å². The Hall–Kier alpha value is -3.72. The summed E-state index contributed by atoms with van der Waals surface area (Å²) in [6.07, 6.45) is 8.53. The molecule has 2 N–H and O–H groups in total. The van der Waals surface area contributed by atoms with Crippen LogP contribution in [0.3, 0.4) is 0 Å². The van der Waals surface area contributed by atoms with Gasteiger partial charge >= 0.3 is 0 Å². The molecule has 10 heteroatoms. The third-order valence-corrected chi connectivity index (χ3v) is 8.25. The normalized spacial score (nSPS) is 26.2. The molecule has 5 atom stereocenters. The maximum absolute atomic E-state index is 15.5. The summed E-state index contributed by atoms with van der Waals surface area (Å²) in [5.74, 6) is -5.16. The van der Waals surface area contributed by atoms with Gasteiger partial charge in [0.1, 0.15) is 5.83 Å². The van der Waals surface area contributed by atoms with Crippen LogP contribution in [0.2, 0.25) is 5.02 Å². The first-order valence-corrected chi connectivity index (χ1v) is 14.0. The molecule has 2 fully saturated rings. The lowest BCUT2D eigenvalue weighted by molar-refractivity contribution is -0.135. The fraction of sp³-hybridized carbons (Fsp3) is 0.400. The number of carbonyl (C=O) groups is 3. The zero-order chi connectivity index (χ0) is 28.4. The van der Waals surface area contributed by atoms with Crippen molar-refractivity contribution in [3.05, 3.63) is 87.7 Å². The van der Waals surface area contributed by atoms with E-state index in [-0.39, 0.29) is 17.2 Å². The predicted molar refractivity (Wildman–Crippen MR) is 150 cm³/mol. The van der Waals surface area contributed by atoms with E-state index in [1.165, 1.54) is 16.7 Å². The molecule has 1 aromatic carbocycles. The summed E-state index contributed by atoms with van der Waals surface area (Å²) in [7, 11) is 0. The van der Waals surface area contributed by atoms with Gasteiger partial charge in [-0.2, -0.15) is 0 Å². The molecule has 2 unspecified atom stereocenters. The van der Waals surface area contributed by atoms with Gasteiger partial charge in [0.2, 0.25) is 17.7 Å². The largest absolute Gasteiger partial charge is 0.342 e. The van der Waals surface area contributed by atoms with Crippen LogP contribution in [0.5, 0.6) is 0 Å². The Morgan fingerprint density at radius 1 is 0.900 bits per heavy atom. The van der Waals surface area contributed by atoms with Gasteiger partial charge in [-0.15, -0.1) is 0 Å². The summed E-state index contributed by atoms with van der Waals surface area (Å²) in [5, 5.41) is 5.93. The molecule has 3 amide bonds. The van der Waals surface area contributed by atoms with Crippen molar-refractivity contribution in [1.82, 2.24) is 14.8 Å². The van der Waals surface area contributed by atoms with E-state index in [0.717, 1.165) is 25.7 Å². The van der Waals surface area contributed by atoms with Crippen LogP contribution < -0.4 is 16.2 Å². The number of pyridine rings is 1. The van der Waals surface area contributed by atoms with Crippen molar-refractivity contribution in [3.8, 4) is 0 Å². The maximum Gasteiger partial charge on any atom is 0.251 e. The lowest BCUT2D eigenvalue weighted by Crippen LogP contribution is -2.35. The number of amides is 3. The lowest BCUT2D eigenvalue weighted by Gasteiger charge is -2.27. The summed E-state index contributed by atoms with van der Waals surface area (Å²) in [6, 6.07) is 10.7. The molecule has 40 heavy (non-hydrogen) atoms. The number of nitrogens with one attached hydrogen (secondary N) is 2. The molecule has 3 aliphatic rings. The van der Waals surface area contributed by atoms with E-state index in [4.69, 9.17) is 11.6 Å². The van der Waals surface area contributed by atoms with Crippen molar-refractivity contribution < 1.29 is 18.8 Å². The van der Waals surface area contributed by atoms with E-state index in [1.807, 2.05) is 0 Å². The van der Waals surface area contributed by atoms with Crippen LogP contribution in [0.1, 0.15) is 38.6 Å². The summed E-state index contributed by atoms with van der Waals surface area (Å²) < 4.78 is 16.9. The minimum atomic E-state index is -0.929. The average Bonchev–Trinajstić information content (AvgIpc) is 3.74. The zero-order valence-corrected chi connectivity index (χ0v) is 22.9. The number of benzene rings is 1. The van der Waals surface area contributed by atoms with Crippen molar-refractivity contribution in [2.24, 2.45) is 23.7 Å². The van der Waals surface area contributed by atoms with Crippen LogP contribution >= 0.6 is 11.6 Å². The molecule has 2 heterocycles. The van der Waals surface area contributed by atoms with Gasteiger partial charge in [0.25, 0.3) is 5.56 Å². The first-order chi connectivity index (χ1) is 19.3. The summed E-state index contributed by atoms with van der Waals surface area (Å²) >= 11 is 5.94. The average molecular weight is 567 g/mol. The maximum atomic E-state index is 15.5. The molecule has 1 aliphatic heterocycles. The molecule has 0 spiro atoms. The molecular formula is C30H32ClFN4O4. The van der Waals surface area contributed by atoms with Gasteiger partial charge in [-0.25, -0.2) is 4.39 Å². The quantitative estimate of drug-likeness (QED) is 0.539.